The average Bonchev–Trinajstić information content (AvgIpc) is 2.30. The minimum atomic E-state index is -1.23. The van der Waals surface area contributed by atoms with Crippen LogP contribution in [0, 0.1) is 18.6 Å². The lowest BCUT2D eigenvalue weighted by Gasteiger charge is -2.37. The van der Waals surface area contributed by atoms with E-state index in [1.54, 1.807) is 0 Å². The molecular weight excluding hydrogens is 224 g/mol. The van der Waals surface area contributed by atoms with Gasteiger partial charge in [-0.25, -0.2) is 8.78 Å². The molecule has 0 aromatic heterocycles. The smallest absolute Gasteiger partial charge is 0.165 e. The Balaban J connectivity index is 2.37. The van der Waals surface area contributed by atoms with E-state index in [2.05, 4.69) is 4.90 Å². The summed E-state index contributed by atoms with van der Waals surface area (Å²) in [6, 6.07) is 3.02. The van der Waals surface area contributed by atoms with Gasteiger partial charge in [-0.2, -0.15) is 0 Å². The highest BCUT2D eigenvalue weighted by atomic mass is 19.2. The van der Waals surface area contributed by atoms with Gasteiger partial charge in [0.2, 0.25) is 0 Å². The molecule has 1 aromatic carbocycles. The maximum Gasteiger partial charge on any atom is 0.165 e. The molecule has 0 bridgehead atoms. The van der Waals surface area contributed by atoms with Crippen LogP contribution in [0.4, 0.5) is 8.78 Å². The van der Waals surface area contributed by atoms with Crippen LogP contribution in [0.1, 0.15) is 24.0 Å². The summed E-state index contributed by atoms with van der Waals surface area (Å²) >= 11 is 0. The Bertz CT molecular complexity index is 426. The Labute approximate surface area is 99.9 Å². The third-order valence-corrected chi connectivity index (χ3v) is 3.59. The number of hydrogen-bond donors (Lipinski definition) is 1. The fraction of sp³-hybridized carbons (Fsp3) is 0.538. The summed E-state index contributed by atoms with van der Waals surface area (Å²) in [5.74, 6) is -1.76. The zero-order valence-corrected chi connectivity index (χ0v) is 10.1. The van der Waals surface area contributed by atoms with Crippen molar-refractivity contribution >= 4 is 0 Å². The lowest BCUT2D eigenvalue weighted by molar-refractivity contribution is -0.0234. The summed E-state index contributed by atoms with van der Waals surface area (Å²) in [5.41, 5.74) is -0.873. The number of likely N-dealkylation sites (tertiary alicyclic amines) is 1. The van der Waals surface area contributed by atoms with Crippen molar-refractivity contribution in [2.75, 3.05) is 20.1 Å². The Kier molecular flexibility index (Phi) is 3.19. The van der Waals surface area contributed by atoms with Gasteiger partial charge >= 0.3 is 0 Å². The van der Waals surface area contributed by atoms with Gasteiger partial charge in [0.25, 0.3) is 0 Å². The number of rotatable bonds is 1. The van der Waals surface area contributed by atoms with Gasteiger partial charge in [-0.1, -0.05) is 12.1 Å². The molecule has 94 valence electrons. The van der Waals surface area contributed by atoms with E-state index in [9.17, 15) is 13.9 Å². The molecule has 0 atom stereocenters. The van der Waals surface area contributed by atoms with Gasteiger partial charge < -0.3 is 10.0 Å². The lowest BCUT2D eigenvalue weighted by atomic mass is 9.84. The molecular formula is C13H17F2NO. The van der Waals surface area contributed by atoms with Crippen molar-refractivity contribution in [3.8, 4) is 0 Å². The fourth-order valence-corrected chi connectivity index (χ4v) is 2.26. The minimum absolute atomic E-state index is 0.0914. The van der Waals surface area contributed by atoms with Crippen LogP contribution in [0.3, 0.4) is 0 Å². The van der Waals surface area contributed by atoms with Gasteiger partial charge in [0, 0.05) is 18.7 Å². The number of hydrogen-bond acceptors (Lipinski definition) is 2. The molecule has 0 aliphatic carbocycles. The maximum atomic E-state index is 13.8. The Morgan fingerprint density at radius 2 is 1.76 bits per heavy atom. The van der Waals surface area contributed by atoms with E-state index in [4.69, 9.17) is 0 Å². The Morgan fingerprint density at radius 3 is 2.35 bits per heavy atom. The van der Waals surface area contributed by atoms with Crippen LogP contribution in [-0.2, 0) is 5.60 Å². The molecule has 0 spiro atoms. The molecule has 1 fully saturated rings. The summed E-state index contributed by atoms with van der Waals surface area (Å²) < 4.78 is 27.3. The summed E-state index contributed by atoms with van der Waals surface area (Å²) in [6.07, 6.45) is 0.867. The van der Waals surface area contributed by atoms with E-state index in [1.165, 1.54) is 19.1 Å². The molecule has 1 heterocycles. The second-order valence-corrected chi connectivity index (χ2v) is 4.89. The van der Waals surface area contributed by atoms with Gasteiger partial charge in [-0.05, 0) is 32.4 Å². The van der Waals surface area contributed by atoms with Crippen molar-refractivity contribution in [2.45, 2.75) is 25.4 Å². The van der Waals surface area contributed by atoms with Gasteiger partial charge in [0.05, 0.1) is 5.60 Å². The van der Waals surface area contributed by atoms with E-state index >= 15 is 0 Å². The number of halogens is 2. The van der Waals surface area contributed by atoms with Gasteiger partial charge in [0.1, 0.15) is 0 Å². The molecule has 0 unspecified atom stereocenters. The number of aliphatic hydroxyl groups is 1. The minimum Gasteiger partial charge on any atom is -0.385 e. The van der Waals surface area contributed by atoms with E-state index in [-0.39, 0.29) is 11.1 Å². The summed E-state index contributed by atoms with van der Waals surface area (Å²) in [4.78, 5) is 2.07. The second-order valence-electron chi connectivity index (χ2n) is 4.89. The predicted octanol–water partition coefficient (Wildman–Crippen LogP) is 2.19. The highest BCUT2D eigenvalue weighted by molar-refractivity contribution is 5.30. The molecule has 0 saturated carbocycles. The molecule has 4 heteroatoms. The molecule has 17 heavy (non-hydrogen) atoms. The van der Waals surface area contributed by atoms with Gasteiger partial charge in [-0.15, -0.1) is 0 Å². The molecule has 2 rings (SSSR count). The number of aryl methyl sites for hydroxylation is 1. The van der Waals surface area contributed by atoms with Crippen LogP contribution in [0.25, 0.3) is 0 Å². The molecule has 1 aromatic rings. The molecule has 1 aliphatic heterocycles. The van der Waals surface area contributed by atoms with Crippen LogP contribution in [0.5, 0.6) is 0 Å². The number of benzene rings is 1. The molecule has 0 radical (unpaired) electrons. The van der Waals surface area contributed by atoms with Crippen molar-refractivity contribution in [1.29, 1.82) is 0 Å². The second kappa shape index (κ2) is 4.35. The maximum absolute atomic E-state index is 13.8. The third kappa shape index (κ3) is 2.19. The first-order chi connectivity index (χ1) is 7.94. The Morgan fingerprint density at radius 1 is 1.18 bits per heavy atom. The monoisotopic (exact) mass is 241 g/mol. The molecule has 2 nitrogen and oxygen atoms in total. The van der Waals surface area contributed by atoms with Crippen molar-refractivity contribution < 1.29 is 13.9 Å². The third-order valence-electron chi connectivity index (χ3n) is 3.59. The SMILES string of the molecule is Cc1ccc(C2(O)CCN(C)CC2)c(F)c1F. The normalized spacial score (nSPS) is 20.5. The quantitative estimate of drug-likeness (QED) is 0.814. The van der Waals surface area contributed by atoms with Crippen molar-refractivity contribution in [1.82, 2.24) is 4.90 Å². The van der Waals surface area contributed by atoms with Crippen LogP contribution >= 0.6 is 0 Å². The zero-order valence-electron chi connectivity index (χ0n) is 10.1. The standard InChI is InChI=1S/C13H17F2NO/c1-9-3-4-10(12(15)11(9)14)13(17)5-7-16(2)8-6-13/h3-4,17H,5-8H2,1-2H3. The first-order valence-corrected chi connectivity index (χ1v) is 5.80. The highest BCUT2D eigenvalue weighted by Gasteiger charge is 2.36. The zero-order chi connectivity index (χ0) is 12.6. The summed E-state index contributed by atoms with van der Waals surface area (Å²) in [6.45, 7) is 2.89. The highest BCUT2D eigenvalue weighted by Crippen LogP contribution is 2.35. The fourth-order valence-electron chi connectivity index (χ4n) is 2.26. The first kappa shape index (κ1) is 12.5. The van der Waals surface area contributed by atoms with E-state index < -0.39 is 17.2 Å². The average molecular weight is 241 g/mol. The van der Waals surface area contributed by atoms with E-state index in [0.717, 1.165) is 0 Å². The van der Waals surface area contributed by atoms with Crippen LogP contribution in [-0.4, -0.2) is 30.1 Å². The largest absolute Gasteiger partial charge is 0.385 e. The Hall–Kier alpha value is -1.00. The van der Waals surface area contributed by atoms with Crippen molar-refractivity contribution in [2.24, 2.45) is 0 Å². The topological polar surface area (TPSA) is 23.5 Å². The first-order valence-electron chi connectivity index (χ1n) is 5.80. The summed E-state index contributed by atoms with van der Waals surface area (Å²) in [5, 5.41) is 10.4. The van der Waals surface area contributed by atoms with Gasteiger partial charge in [-0.3, -0.25) is 0 Å². The van der Waals surface area contributed by atoms with Crippen LogP contribution in [0.2, 0.25) is 0 Å². The van der Waals surface area contributed by atoms with Crippen molar-refractivity contribution in [3.05, 3.63) is 34.9 Å². The van der Waals surface area contributed by atoms with E-state index in [1.807, 2.05) is 7.05 Å². The predicted molar refractivity (Wildman–Crippen MR) is 61.7 cm³/mol. The molecule has 1 aliphatic rings. The van der Waals surface area contributed by atoms with Crippen LogP contribution < -0.4 is 0 Å². The molecule has 0 amide bonds. The molecule has 1 saturated heterocycles. The lowest BCUT2D eigenvalue weighted by Crippen LogP contribution is -2.41. The summed E-state index contributed by atoms with van der Waals surface area (Å²) in [7, 11) is 1.95. The van der Waals surface area contributed by atoms with E-state index in [0.29, 0.717) is 25.9 Å². The van der Waals surface area contributed by atoms with Gasteiger partial charge in [0.15, 0.2) is 11.6 Å². The van der Waals surface area contributed by atoms with Crippen molar-refractivity contribution in [3.63, 3.8) is 0 Å². The van der Waals surface area contributed by atoms with Crippen LogP contribution in [0.15, 0.2) is 12.1 Å². The number of nitrogens with zero attached hydrogens (tertiary/aromatic N) is 1. The number of piperidine rings is 1. The molecule has 1 N–H and O–H groups in total.